The standard InChI is InChI=1S/C7H5NO3S.Na.2H2O.H/c9-7-5-3-1-2-4-6(5)12(10,11)8-7;;;;/h1-4H,(H,8,9);;2*1H2;/q;+1;;;-1. The molecule has 1 aromatic rings. The van der Waals surface area contributed by atoms with E-state index in [9.17, 15) is 13.2 Å². The summed E-state index contributed by atoms with van der Waals surface area (Å²) < 4.78 is 24.2. The Labute approximate surface area is 110 Å². The molecule has 0 fully saturated rings. The third-order valence-corrected chi connectivity index (χ3v) is 3.04. The Kier molecular flexibility index (Phi) is 6.33. The van der Waals surface area contributed by atoms with E-state index in [4.69, 9.17) is 0 Å². The number of nitrogens with one attached hydrogen (secondary N) is 1. The number of carbonyl (C=O) groups excluding carboxylic acids is 1. The minimum Gasteiger partial charge on any atom is -1.00 e. The Morgan fingerprint density at radius 3 is 2.20 bits per heavy atom. The average molecular weight is 243 g/mol. The summed E-state index contributed by atoms with van der Waals surface area (Å²) >= 11 is 0. The molecule has 2 rings (SSSR count). The summed E-state index contributed by atoms with van der Waals surface area (Å²) in [6, 6.07) is 6.09. The van der Waals surface area contributed by atoms with E-state index in [2.05, 4.69) is 0 Å². The minimum atomic E-state index is -3.55. The first-order valence-electron chi connectivity index (χ1n) is 3.27. The Morgan fingerprint density at radius 1 is 1.13 bits per heavy atom. The van der Waals surface area contributed by atoms with Crippen molar-refractivity contribution in [3.8, 4) is 0 Å². The van der Waals surface area contributed by atoms with Gasteiger partial charge in [-0.2, -0.15) is 0 Å². The van der Waals surface area contributed by atoms with Crippen molar-refractivity contribution in [3.63, 3.8) is 0 Å². The van der Waals surface area contributed by atoms with E-state index in [0.29, 0.717) is 0 Å². The van der Waals surface area contributed by atoms with Crippen LogP contribution in [0.25, 0.3) is 0 Å². The van der Waals surface area contributed by atoms with Crippen LogP contribution in [0.5, 0.6) is 0 Å². The van der Waals surface area contributed by atoms with Gasteiger partial charge in [-0.3, -0.25) is 4.79 Å². The number of hydrogen-bond donors (Lipinski definition) is 1. The Bertz CT molecular complexity index is 464. The molecule has 1 aliphatic heterocycles. The first-order chi connectivity index (χ1) is 5.61. The van der Waals surface area contributed by atoms with Crippen molar-refractivity contribution < 1.29 is 55.1 Å². The van der Waals surface area contributed by atoms with Crippen LogP contribution in [0, 0.1) is 0 Å². The Balaban J connectivity index is -0.000000422. The molecule has 1 aliphatic rings. The van der Waals surface area contributed by atoms with Crippen molar-refractivity contribution in [1.82, 2.24) is 4.72 Å². The first kappa shape index (κ1) is 17.0. The zero-order valence-corrected chi connectivity index (χ0v) is 10.8. The van der Waals surface area contributed by atoms with Crippen LogP contribution < -0.4 is 34.3 Å². The van der Waals surface area contributed by atoms with E-state index in [-0.39, 0.29) is 52.4 Å². The largest absolute Gasteiger partial charge is 1.00 e. The maximum atomic E-state index is 11.1. The zero-order valence-electron chi connectivity index (χ0n) is 8.94. The second-order valence-electron chi connectivity index (χ2n) is 2.43. The van der Waals surface area contributed by atoms with Crippen LogP contribution in [0.4, 0.5) is 0 Å². The molecule has 0 saturated heterocycles. The second-order valence-corrected chi connectivity index (χ2v) is 4.08. The maximum absolute atomic E-state index is 11.1. The topological polar surface area (TPSA) is 126 Å². The van der Waals surface area contributed by atoms with Gasteiger partial charge in [-0.25, -0.2) is 13.1 Å². The van der Waals surface area contributed by atoms with Crippen LogP contribution in [0.1, 0.15) is 11.8 Å². The van der Waals surface area contributed by atoms with E-state index >= 15 is 0 Å². The van der Waals surface area contributed by atoms with Crippen LogP contribution in [0.3, 0.4) is 0 Å². The maximum Gasteiger partial charge on any atom is 1.00 e. The molecule has 1 heterocycles. The van der Waals surface area contributed by atoms with Gasteiger partial charge in [0.25, 0.3) is 15.9 Å². The molecule has 1 amide bonds. The summed E-state index contributed by atoms with van der Waals surface area (Å²) in [5, 5.41) is 0. The molecule has 0 spiro atoms. The molecule has 80 valence electrons. The van der Waals surface area contributed by atoms with Crippen LogP contribution in [-0.2, 0) is 10.0 Å². The fraction of sp³-hybridized carbons (Fsp3) is 0. The normalized spacial score (nSPS) is 14.8. The predicted molar refractivity (Wildman–Crippen MR) is 49.4 cm³/mol. The summed E-state index contributed by atoms with van der Waals surface area (Å²) in [6.07, 6.45) is 0. The number of hydrogen-bond acceptors (Lipinski definition) is 3. The number of fused-ring (bicyclic) bond motifs is 1. The molecule has 0 saturated carbocycles. The van der Waals surface area contributed by atoms with Crippen LogP contribution >= 0.6 is 0 Å². The van der Waals surface area contributed by atoms with Crippen molar-refractivity contribution in [2.75, 3.05) is 0 Å². The van der Waals surface area contributed by atoms with E-state index in [1.807, 2.05) is 4.72 Å². The summed E-state index contributed by atoms with van der Waals surface area (Å²) in [6.45, 7) is 0. The molecule has 1 aromatic carbocycles. The molecular formula is C7H10NNaO5S. The molecule has 6 nitrogen and oxygen atoms in total. The van der Waals surface area contributed by atoms with Gasteiger partial charge in [0.05, 0.1) is 5.56 Å². The molecule has 0 aromatic heterocycles. The smallest absolute Gasteiger partial charge is 1.00 e. The van der Waals surface area contributed by atoms with Gasteiger partial charge in [-0.05, 0) is 12.1 Å². The molecular weight excluding hydrogens is 233 g/mol. The molecule has 0 bridgehead atoms. The number of benzene rings is 1. The number of amides is 1. The summed E-state index contributed by atoms with van der Waals surface area (Å²) in [5.74, 6) is -0.550. The third kappa shape index (κ3) is 2.77. The average Bonchev–Trinajstić information content (AvgIpc) is 2.25. The van der Waals surface area contributed by atoms with Gasteiger partial charge in [0.15, 0.2) is 0 Å². The van der Waals surface area contributed by atoms with Crippen molar-refractivity contribution in [3.05, 3.63) is 29.8 Å². The number of rotatable bonds is 0. The van der Waals surface area contributed by atoms with Gasteiger partial charge in [0.1, 0.15) is 4.90 Å². The number of carbonyl (C=O) groups is 1. The van der Waals surface area contributed by atoms with E-state index in [1.54, 1.807) is 12.1 Å². The molecule has 5 N–H and O–H groups in total. The molecule has 15 heavy (non-hydrogen) atoms. The SMILES string of the molecule is O.O.O=C1NS(=O)(=O)c2ccccc21.[H-].[Na+]. The van der Waals surface area contributed by atoms with Crippen molar-refractivity contribution in [2.24, 2.45) is 0 Å². The Morgan fingerprint density at radius 2 is 1.67 bits per heavy atom. The van der Waals surface area contributed by atoms with Crippen molar-refractivity contribution in [1.29, 1.82) is 0 Å². The van der Waals surface area contributed by atoms with E-state index in [1.165, 1.54) is 12.1 Å². The minimum absolute atomic E-state index is 0. The molecule has 0 aliphatic carbocycles. The molecule has 8 heteroatoms. The van der Waals surface area contributed by atoms with Crippen molar-refractivity contribution >= 4 is 15.9 Å². The summed E-state index contributed by atoms with van der Waals surface area (Å²) in [4.78, 5) is 11.1. The van der Waals surface area contributed by atoms with Gasteiger partial charge >= 0.3 is 29.6 Å². The predicted octanol–water partition coefficient (Wildman–Crippen LogP) is -4.41. The number of sulfonamides is 1. The van der Waals surface area contributed by atoms with Gasteiger partial charge in [0.2, 0.25) is 0 Å². The molecule has 0 radical (unpaired) electrons. The van der Waals surface area contributed by atoms with Gasteiger partial charge in [0, 0.05) is 0 Å². The second kappa shape index (κ2) is 5.59. The molecule has 0 atom stereocenters. The van der Waals surface area contributed by atoms with Crippen LogP contribution in [-0.4, -0.2) is 25.3 Å². The summed E-state index contributed by atoms with van der Waals surface area (Å²) in [5.41, 5.74) is 0.220. The van der Waals surface area contributed by atoms with E-state index < -0.39 is 15.9 Å². The first-order valence-corrected chi connectivity index (χ1v) is 4.76. The fourth-order valence-corrected chi connectivity index (χ4v) is 2.29. The Hall–Kier alpha value is -0.440. The monoisotopic (exact) mass is 243 g/mol. The van der Waals surface area contributed by atoms with Gasteiger partial charge in [-0.15, -0.1) is 0 Å². The third-order valence-electron chi connectivity index (χ3n) is 1.65. The fourth-order valence-electron chi connectivity index (χ4n) is 1.12. The summed E-state index contributed by atoms with van der Waals surface area (Å²) in [7, 11) is -3.55. The molecule has 0 unspecified atom stereocenters. The van der Waals surface area contributed by atoms with Crippen LogP contribution in [0.2, 0.25) is 0 Å². The van der Waals surface area contributed by atoms with Gasteiger partial charge in [-0.1, -0.05) is 12.1 Å². The van der Waals surface area contributed by atoms with E-state index in [0.717, 1.165) is 0 Å². The zero-order chi connectivity index (χ0) is 8.77. The quantitative estimate of drug-likeness (QED) is 0.462. The van der Waals surface area contributed by atoms with Crippen LogP contribution in [0.15, 0.2) is 29.2 Å². The van der Waals surface area contributed by atoms with Gasteiger partial charge < -0.3 is 12.4 Å². The van der Waals surface area contributed by atoms with Crippen molar-refractivity contribution in [2.45, 2.75) is 4.90 Å².